The van der Waals surface area contributed by atoms with Gasteiger partial charge in [-0.2, -0.15) is 0 Å². The van der Waals surface area contributed by atoms with Crippen molar-refractivity contribution >= 4 is 17.4 Å². The molecule has 0 bridgehead atoms. The lowest BCUT2D eigenvalue weighted by Gasteiger charge is -2.09. The molecule has 1 unspecified atom stereocenters. The summed E-state index contributed by atoms with van der Waals surface area (Å²) in [7, 11) is 1.65. The average Bonchev–Trinajstić information content (AvgIpc) is 2.27. The normalized spacial score (nSPS) is 12.5. The molecule has 84 valence electrons. The molecule has 0 aromatic heterocycles. The van der Waals surface area contributed by atoms with Crippen LogP contribution in [0.4, 0.5) is 5.69 Å². The maximum atomic E-state index is 5.75. The molecule has 0 radical (unpaired) electrons. The molecule has 1 rings (SSSR count). The van der Waals surface area contributed by atoms with Crippen LogP contribution >= 0.6 is 11.8 Å². The summed E-state index contributed by atoms with van der Waals surface area (Å²) in [5.74, 6) is 2.66. The number of nitrogens with two attached hydrogens (primary N) is 1. The summed E-state index contributed by atoms with van der Waals surface area (Å²) in [6.07, 6.45) is 1.22. The summed E-state index contributed by atoms with van der Waals surface area (Å²) in [6, 6.07) is 5.95. The van der Waals surface area contributed by atoms with Crippen molar-refractivity contribution in [3.63, 3.8) is 0 Å². The molecule has 2 nitrogen and oxygen atoms in total. The van der Waals surface area contributed by atoms with E-state index in [0.717, 1.165) is 17.4 Å². The minimum atomic E-state index is 0.699. The van der Waals surface area contributed by atoms with Gasteiger partial charge in [0.25, 0.3) is 0 Å². The lowest BCUT2D eigenvalue weighted by molar-refractivity contribution is 0.416. The molecule has 1 aromatic carbocycles. The number of rotatable bonds is 5. The van der Waals surface area contributed by atoms with Crippen LogP contribution in [0, 0.1) is 5.92 Å². The van der Waals surface area contributed by atoms with Crippen molar-refractivity contribution in [3.05, 3.63) is 18.2 Å². The van der Waals surface area contributed by atoms with E-state index in [9.17, 15) is 0 Å². The van der Waals surface area contributed by atoms with Crippen LogP contribution in [0.5, 0.6) is 5.75 Å². The predicted molar refractivity (Wildman–Crippen MR) is 67.6 cm³/mol. The van der Waals surface area contributed by atoms with Crippen molar-refractivity contribution in [2.24, 2.45) is 5.92 Å². The summed E-state index contributed by atoms with van der Waals surface area (Å²) in [5.41, 5.74) is 6.45. The van der Waals surface area contributed by atoms with Crippen LogP contribution in [-0.2, 0) is 0 Å². The number of benzene rings is 1. The van der Waals surface area contributed by atoms with Gasteiger partial charge in [0, 0.05) is 10.6 Å². The highest BCUT2D eigenvalue weighted by molar-refractivity contribution is 7.99. The Morgan fingerprint density at radius 1 is 1.47 bits per heavy atom. The monoisotopic (exact) mass is 225 g/mol. The molecule has 0 amide bonds. The fraction of sp³-hybridized carbons (Fsp3) is 0.500. The van der Waals surface area contributed by atoms with Crippen LogP contribution < -0.4 is 10.5 Å². The summed E-state index contributed by atoms with van der Waals surface area (Å²) >= 11 is 1.86. The summed E-state index contributed by atoms with van der Waals surface area (Å²) in [4.78, 5) is 1.22. The Balaban J connectivity index is 2.62. The third-order valence-electron chi connectivity index (χ3n) is 2.44. The van der Waals surface area contributed by atoms with Crippen LogP contribution in [-0.4, -0.2) is 12.9 Å². The van der Waals surface area contributed by atoms with Crippen LogP contribution in [0.1, 0.15) is 20.3 Å². The van der Waals surface area contributed by atoms with Crippen molar-refractivity contribution in [1.29, 1.82) is 0 Å². The Kier molecular flexibility index (Phi) is 4.82. The number of nitrogen functional groups attached to an aromatic ring is 1. The smallest absolute Gasteiger partial charge is 0.142 e. The number of thioether (sulfide) groups is 1. The molecule has 15 heavy (non-hydrogen) atoms. The minimum absolute atomic E-state index is 0.699. The third-order valence-corrected chi connectivity index (χ3v) is 3.76. The first-order valence-corrected chi connectivity index (χ1v) is 6.22. The topological polar surface area (TPSA) is 35.2 Å². The summed E-state index contributed by atoms with van der Waals surface area (Å²) in [6.45, 7) is 4.48. The van der Waals surface area contributed by atoms with Gasteiger partial charge in [-0.05, 0) is 24.1 Å². The Bertz CT molecular complexity index is 314. The molecule has 3 heteroatoms. The number of ether oxygens (including phenoxy) is 1. The van der Waals surface area contributed by atoms with Gasteiger partial charge in [-0.25, -0.2) is 0 Å². The Labute approximate surface area is 96.2 Å². The highest BCUT2D eigenvalue weighted by Crippen LogP contribution is 2.29. The fourth-order valence-corrected chi connectivity index (χ4v) is 2.20. The van der Waals surface area contributed by atoms with E-state index in [-0.39, 0.29) is 0 Å². The third kappa shape index (κ3) is 3.67. The molecule has 0 saturated heterocycles. The molecule has 1 atom stereocenters. The number of hydrogen-bond donors (Lipinski definition) is 1. The molecule has 0 saturated carbocycles. The highest BCUT2D eigenvalue weighted by Gasteiger charge is 2.03. The van der Waals surface area contributed by atoms with Crippen LogP contribution in [0.25, 0.3) is 0 Å². The second-order valence-corrected chi connectivity index (χ2v) is 4.82. The van der Waals surface area contributed by atoms with Gasteiger partial charge in [-0.15, -0.1) is 11.8 Å². The zero-order valence-corrected chi connectivity index (χ0v) is 10.4. The molecule has 0 aliphatic heterocycles. The predicted octanol–water partition coefficient (Wildman–Crippen LogP) is 3.42. The molecule has 0 aliphatic carbocycles. The van der Waals surface area contributed by atoms with E-state index >= 15 is 0 Å². The van der Waals surface area contributed by atoms with Gasteiger partial charge in [-0.1, -0.05) is 20.3 Å². The summed E-state index contributed by atoms with van der Waals surface area (Å²) < 4.78 is 5.18. The van der Waals surface area contributed by atoms with Crippen molar-refractivity contribution in [2.75, 3.05) is 18.6 Å². The van der Waals surface area contributed by atoms with Crippen molar-refractivity contribution < 1.29 is 4.74 Å². The molecule has 0 aliphatic rings. The van der Waals surface area contributed by atoms with Gasteiger partial charge in [0.15, 0.2) is 0 Å². The van der Waals surface area contributed by atoms with Crippen molar-refractivity contribution in [1.82, 2.24) is 0 Å². The van der Waals surface area contributed by atoms with E-state index in [1.54, 1.807) is 7.11 Å². The van der Waals surface area contributed by atoms with E-state index in [2.05, 4.69) is 13.8 Å². The number of methoxy groups -OCH3 is 1. The lowest BCUT2D eigenvalue weighted by atomic mass is 10.2. The zero-order chi connectivity index (χ0) is 11.3. The first kappa shape index (κ1) is 12.2. The number of anilines is 1. The van der Waals surface area contributed by atoms with Crippen LogP contribution in [0.2, 0.25) is 0 Å². The SMILES string of the molecule is CCC(C)CSc1ccc(N)c(OC)c1. The first-order valence-electron chi connectivity index (χ1n) is 5.23. The Morgan fingerprint density at radius 3 is 2.80 bits per heavy atom. The molecule has 0 spiro atoms. The molecular weight excluding hydrogens is 206 g/mol. The number of hydrogen-bond acceptors (Lipinski definition) is 3. The van der Waals surface area contributed by atoms with Gasteiger partial charge < -0.3 is 10.5 Å². The fourth-order valence-electron chi connectivity index (χ4n) is 1.14. The van der Waals surface area contributed by atoms with Gasteiger partial charge in [0.2, 0.25) is 0 Å². The van der Waals surface area contributed by atoms with Crippen LogP contribution in [0.3, 0.4) is 0 Å². The molecule has 0 heterocycles. The van der Waals surface area contributed by atoms with E-state index < -0.39 is 0 Å². The second-order valence-electron chi connectivity index (χ2n) is 3.73. The van der Waals surface area contributed by atoms with Gasteiger partial charge in [0.1, 0.15) is 5.75 Å². The van der Waals surface area contributed by atoms with Crippen molar-refractivity contribution in [2.45, 2.75) is 25.2 Å². The Morgan fingerprint density at radius 2 is 2.20 bits per heavy atom. The maximum Gasteiger partial charge on any atom is 0.142 e. The molecule has 1 aromatic rings. The van der Waals surface area contributed by atoms with Gasteiger partial charge in [0.05, 0.1) is 12.8 Å². The molecular formula is C12H19NOS. The first-order chi connectivity index (χ1) is 7.17. The summed E-state index contributed by atoms with van der Waals surface area (Å²) in [5, 5.41) is 0. The van der Waals surface area contributed by atoms with Crippen LogP contribution in [0.15, 0.2) is 23.1 Å². The Hall–Kier alpha value is -0.830. The zero-order valence-electron chi connectivity index (χ0n) is 9.62. The van der Waals surface area contributed by atoms with E-state index in [1.165, 1.54) is 11.3 Å². The van der Waals surface area contributed by atoms with Gasteiger partial charge in [-0.3, -0.25) is 0 Å². The lowest BCUT2D eigenvalue weighted by Crippen LogP contribution is -1.96. The molecule has 2 N–H and O–H groups in total. The van der Waals surface area contributed by atoms with E-state index in [1.807, 2.05) is 30.0 Å². The maximum absolute atomic E-state index is 5.75. The standard InChI is InChI=1S/C12H19NOS/c1-4-9(2)8-15-10-5-6-11(13)12(7-10)14-3/h5-7,9H,4,8,13H2,1-3H3. The van der Waals surface area contributed by atoms with Crippen molar-refractivity contribution in [3.8, 4) is 5.75 Å². The highest BCUT2D eigenvalue weighted by atomic mass is 32.2. The second kappa shape index (κ2) is 5.91. The average molecular weight is 225 g/mol. The van der Waals surface area contributed by atoms with E-state index in [0.29, 0.717) is 5.69 Å². The largest absolute Gasteiger partial charge is 0.495 e. The quantitative estimate of drug-likeness (QED) is 0.616. The van der Waals surface area contributed by atoms with E-state index in [4.69, 9.17) is 10.5 Å². The molecule has 0 fully saturated rings. The minimum Gasteiger partial charge on any atom is -0.495 e. The van der Waals surface area contributed by atoms with Gasteiger partial charge >= 0.3 is 0 Å².